The number of imide groups is 1. The molecule has 0 aromatic heterocycles. The molecule has 1 fully saturated rings. The third kappa shape index (κ3) is 4.39. The van der Waals surface area contributed by atoms with E-state index >= 15 is 0 Å². The number of aryl methyl sites for hydroxylation is 2. The smallest absolute Gasteiger partial charge is 0.293 e. The van der Waals surface area contributed by atoms with Crippen molar-refractivity contribution in [1.82, 2.24) is 4.90 Å². The molecule has 2 aliphatic rings. The van der Waals surface area contributed by atoms with Gasteiger partial charge < -0.3 is 4.90 Å². The van der Waals surface area contributed by atoms with E-state index in [0.717, 1.165) is 34.0 Å². The Balaban J connectivity index is 1.67. The van der Waals surface area contributed by atoms with Crippen LogP contribution in [0.3, 0.4) is 0 Å². The first-order valence-electron chi connectivity index (χ1n) is 11.4. The summed E-state index contributed by atoms with van der Waals surface area (Å²) < 4.78 is 0. The average molecular weight is 461 g/mol. The van der Waals surface area contributed by atoms with Gasteiger partial charge in [0.2, 0.25) is 0 Å². The molecule has 0 radical (unpaired) electrons. The van der Waals surface area contributed by atoms with Crippen molar-refractivity contribution in [3.63, 3.8) is 0 Å². The van der Waals surface area contributed by atoms with Crippen LogP contribution in [-0.4, -0.2) is 27.6 Å². The first kappa shape index (κ1) is 23.4. The van der Waals surface area contributed by atoms with Crippen LogP contribution in [0.5, 0.6) is 0 Å². The fraction of sp³-hybridized carbons (Fsp3) is 0.357. The lowest BCUT2D eigenvalue weighted by molar-refractivity contribution is -0.123. The van der Waals surface area contributed by atoms with E-state index in [1.54, 1.807) is 0 Å². The van der Waals surface area contributed by atoms with Crippen LogP contribution in [0.25, 0.3) is 11.6 Å². The second-order valence-corrected chi connectivity index (χ2v) is 10.9. The summed E-state index contributed by atoms with van der Waals surface area (Å²) in [6, 6.07) is 12.7. The number of thioether (sulfide) groups is 1. The summed E-state index contributed by atoms with van der Waals surface area (Å²) in [5.41, 5.74) is 7.73. The van der Waals surface area contributed by atoms with Gasteiger partial charge >= 0.3 is 0 Å². The Kier molecular flexibility index (Phi) is 6.04. The van der Waals surface area contributed by atoms with Crippen molar-refractivity contribution in [1.29, 1.82) is 0 Å². The van der Waals surface area contributed by atoms with Gasteiger partial charge in [-0.1, -0.05) is 35.9 Å². The third-order valence-electron chi connectivity index (χ3n) is 6.40. The molecule has 0 saturated carbocycles. The summed E-state index contributed by atoms with van der Waals surface area (Å²) in [7, 11) is 0. The van der Waals surface area contributed by atoms with Gasteiger partial charge in [-0.3, -0.25) is 14.5 Å². The Labute approximate surface area is 201 Å². The van der Waals surface area contributed by atoms with E-state index in [-0.39, 0.29) is 16.7 Å². The maximum atomic E-state index is 13.1. The van der Waals surface area contributed by atoms with Gasteiger partial charge in [-0.15, -0.1) is 0 Å². The van der Waals surface area contributed by atoms with Crippen LogP contribution in [-0.2, 0) is 11.3 Å². The molecule has 172 valence electrons. The zero-order valence-electron chi connectivity index (χ0n) is 20.5. The molecule has 0 atom stereocenters. The Morgan fingerprint density at radius 3 is 2.33 bits per heavy atom. The molecular formula is C28H32N2O2S. The molecule has 0 unspecified atom stereocenters. The van der Waals surface area contributed by atoms with Gasteiger partial charge in [0.15, 0.2) is 0 Å². The average Bonchev–Trinajstić information content (AvgIpc) is 2.97. The van der Waals surface area contributed by atoms with Gasteiger partial charge in [0, 0.05) is 17.3 Å². The lowest BCUT2D eigenvalue weighted by Gasteiger charge is -2.46. The van der Waals surface area contributed by atoms with Gasteiger partial charge in [-0.25, -0.2) is 0 Å². The Hall–Kier alpha value is -2.79. The minimum Gasteiger partial charge on any atom is -0.360 e. The number of carbonyl (C=O) groups is 2. The Bertz CT molecular complexity index is 1190. The molecule has 4 nitrogen and oxygen atoms in total. The molecule has 2 aromatic rings. The van der Waals surface area contributed by atoms with E-state index in [1.165, 1.54) is 21.7 Å². The summed E-state index contributed by atoms with van der Waals surface area (Å²) in [6.45, 7) is 15.5. The lowest BCUT2D eigenvalue weighted by atomic mass is 9.86. The van der Waals surface area contributed by atoms with Gasteiger partial charge in [0.1, 0.15) is 0 Å². The quantitative estimate of drug-likeness (QED) is 0.463. The first-order chi connectivity index (χ1) is 15.5. The lowest BCUT2D eigenvalue weighted by Crippen LogP contribution is -2.49. The fourth-order valence-corrected chi connectivity index (χ4v) is 5.79. The standard InChI is InChI=1S/C28H32N2O2S/c1-17(2)30-24-12-19(4)22(13-23(24)20(5)15-28(30,6)7)14-25-26(31)29(27(32)33-25)16-21-10-8-18(3)9-11-21/h8-15,17H,16H2,1-7H3/b25-14-. The zero-order valence-corrected chi connectivity index (χ0v) is 21.3. The fourth-order valence-electron chi connectivity index (χ4n) is 4.96. The van der Waals surface area contributed by atoms with Gasteiger partial charge in [0.05, 0.1) is 17.0 Å². The van der Waals surface area contributed by atoms with Crippen molar-refractivity contribution in [2.45, 2.75) is 66.6 Å². The van der Waals surface area contributed by atoms with Gasteiger partial charge in [-0.05, 0) is 101 Å². The maximum absolute atomic E-state index is 13.1. The topological polar surface area (TPSA) is 40.6 Å². The maximum Gasteiger partial charge on any atom is 0.293 e. The number of benzene rings is 2. The Morgan fingerprint density at radius 1 is 1.03 bits per heavy atom. The molecule has 0 aliphatic carbocycles. The van der Waals surface area contributed by atoms with E-state index in [2.05, 4.69) is 64.7 Å². The second kappa shape index (κ2) is 8.53. The molecule has 5 heteroatoms. The molecule has 0 bridgehead atoms. The largest absolute Gasteiger partial charge is 0.360 e. The number of fused-ring (bicyclic) bond motifs is 1. The number of amides is 2. The number of rotatable bonds is 4. The van der Waals surface area contributed by atoms with Crippen LogP contribution in [0.1, 0.15) is 62.4 Å². The minimum absolute atomic E-state index is 0.0716. The summed E-state index contributed by atoms with van der Waals surface area (Å²) in [4.78, 5) is 30.0. The highest BCUT2D eigenvalue weighted by molar-refractivity contribution is 8.18. The number of allylic oxidation sites excluding steroid dienone is 1. The SMILES string of the molecule is CC1=CC(C)(C)N(C(C)C)c2cc(C)c(/C=C3\SC(=O)N(Cc4ccc(C)cc4)C3=O)cc21. The first-order valence-corrected chi connectivity index (χ1v) is 12.2. The number of hydrogen-bond donors (Lipinski definition) is 0. The van der Waals surface area contributed by atoms with E-state index in [1.807, 2.05) is 37.3 Å². The predicted molar refractivity (Wildman–Crippen MR) is 139 cm³/mol. The second-order valence-electron chi connectivity index (χ2n) is 9.92. The molecular weight excluding hydrogens is 428 g/mol. The van der Waals surface area contributed by atoms with Crippen molar-refractivity contribution in [2.24, 2.45) is 0 Å². The highest BCUT2D eigenvalue weighted by Crippen LogP contribution is 2.42. The molecule has 0 N–H and O–H groups in total. The van der Waals surface area contributed by atoms with Crippen molar-refractivity contribution in [3.8, 4) is 0 Å². The molecule has 33 heavy (non-hydrogen) atoms. The van der Waals surface area contributed by atoms with Crippen molar-refractivity contribution in [3.05, 3.63) is 75.2 Å². The van der Waals surface area contributed by atoms with Gasteiger partial charge in [0.25, 0.3) is 11.1 Å². The number of nitrogens with zero attached hydrogens (tertiary/aromatic N) is 2. The molecule has 4 rings (SSSR count). The van der Waals surface area contributed by atoms with Crippen LogP contribution >= 0.6 is 11.8 Å². The van der Waals surface area contributed by atoms with Crippen LogP contribution < -0.4 is 4.90 Å². The van der Waals surface area contributed by atoms with Crippen LogP contribution in [0.4, 0.5) is 10.5 Å². The van der Waals surface area contributed by atoms with Gasteiger partial charge in [-0.2, -0.15) is 0 Å². The monoisotopic (exact) mass is 460 g/mol. The normalized spacial score (nSPS) is 18.9. The number of hydrogen-bond acceptors (Lipinski definition) is 4. The molecule has 2 aromatic carbocycles. The summed E-state index contributed by atoms with van der Waals surface area (Å²) in [5.74, 6) is -0.222. The van der Waals surface area contributed by atoms with E-state index in [4.69, 9.17) is 0 Å². The molecule has 2 heterocycles. The molecule has 1 saturated heterocycles. The summed E-state index contributed by atoms with van der Waals surface area (Å²) in [6.07, 6.45) is 4.19. The molecule has 2 amide bonds. The zero-order chi connectivity index (χ0) is 24.1. The van der Waals surface area contributed by atoms with E-state index in [9.17, 15) is 9.59 Å². The Morgan fingerprint density at radius 2 is 1.70 bits per heavy atom. The predicted octanol–water partition coefficient (Wildman–Crippen LogP) is 6.95. The van der Waals surface area contributed by atoms with Crippen molar-refractivity contribution >= 4 is 40.2 Å². The van der Waals surface area contributed by atoms with Crippen LogP contribution in [0.15, 0.2) is 47.4 Å². The summed E-state index contributed by atoms with van der Waals surface area (Å²) in [5, 5.41) is -0.216. The third-order valence-corrected chi connectivity index (χ3v) is 7.30. The van der Waals surface area contributed by atoms with E-state index < -0.39 is 0 Å². The summed E-state index contributed by atoms with van der Waals surface area (Å²) >= 11 is 1.02. The van der Waals surface area contributed by atoms with Crippen LogP contribution in [0, 0.1) is 13.8 Å². The van der Waals surface area contributed by atoms with Crippen molar-refractivity contribution in [2.75, 3.05) is 4.90 Å². The highest BCUT2D eigenvalue weighted by atomic mass is 32.2. The number of carbonyl (C=O) groups excluding carboxylic acids is 2. The molecule has 0 spiro atoms. The number of anilines is 1. The van der Waals surface area contributed by atoms with Crippen molar-refractivity contribution < 1.29 is 9.59 Å². The molecule has 2 aliphatic heterocycles. The van der Waals surface area contributed by atoms with Crippen LogP contribution in [0.2, 0.25) is 0 Å². The highest BCUT2D eigenvalue weighted by Gasteiger charge is 2.36. The van der Waals surface area contributed by atoms with E-state index in [0.29, 0.717) is 17.5 Å². The minimum atomic E-state index is -0.222.